The number of hydrogen-bond acceptors (Lipinski definition) is 6. The van der Waals surface area contributed by atoms with Crippen molar-refractivity contribution in [1.82, 2.24) is 20.9 Å². The van der Waals surface area contributed by atoms with E-state index in [0.29, 0.717) is 29.4 Å². The number of hydrogen-bond donors (Lipinski definition) is 3. The highest BCUT2D eigenvalue weighted by atomic mass is 32.2. The van der Waals surface area contributed by atoms with E-state index in [4.69, 9.17) is 4.74 Å². The lowest BCUT2D eigenvalue weighted by molar-refractivity contribution is -0.132. The van der Waals surface area contributed by atoms with E-state index in [2.05, 4.69) is 22.5 Å². The van der Waals surface area contributed by atoms with Gasteiger partial charge in [0.1, 0.15) is 11.5 Å². The minimum atomic E-state index is -0.235. The predicted octanol–water partition coefficient (Wildman–Crippen LogP) is 3.09. The fraction of sp³-hybridized carbons (Fsp3) is 0.321. The number of urea groups is 1. The van der Waals surface area contributed by atoms with Gasteiger partial charge in [0, 0.05) is 30.4 Å². The Morgan fingerprint density at radius 1 is 1.16 bits per heavy atom. The predicted molar refractivity (Wildman–Crippen MR) is 146 cm³/mol. The number of rotatable bonds is 6. The molecule has 0 bridgehead atoms. The van der Waals surface area contributed by atoms with E-state index in [1.165, 1.54) is 17.8 Å². The molecular formula is C28H29N5O4S. The van der Waals surface area contributed by atoms with E-state index in [0.717, 1.165) is 30.0 Å². The second-order valence-electron chi connectivity index (χ2n) is 9.90. The Hall–Kier alpha value is -3.76. The summed E-state index contributed by atoms with van der Waals surface area (Å²) < 4.78 is 5.98. The molecule has 0 aromatic heterocycles. The van der Waals surface area contributed by atoms with E-state index in [1.807, 2.05) is 60.4 Å². The van der Waals surface area contributed by atoms with Crippen molar-refractivity contribution in [3.05, 3.63) is 77.4 Å². The van der Waals surface area contributed by atoms with Crippen LogP contribution in [0.1, 0.15) is 12.0 Å². The van der Waals surface area contributed by atoms with Crippen LogP contribution in [0.25, 0.3) is 0 Å². The van der Waals surface area contributed by atoms with Gasteiger partial charge in [-0.3, -0.25) is 14.5 Å². The largest absolute Gasteiger partial charge is 0.457 e. The van der Waals surface area contributed by atoms with E-state index >= 15 is 0 Å². The molecular weight excluding hydrogens is 502 g/mol. The van der Waals surface area contributed by atoms with E-state index in [9.17, 15) is 14.4 Å². The monoisotopic (exact) mass is 531 g/mol. The number of carbonyl (C=O) groups excluding carboxylic acids is 3. The molecule has 10 heteroatoms. The Labute approximate surface area is 225 Å². The molecule has 3 atom stereocenters. The SMILES string of the molecule is C=CC(=O)N1CC(NC(=O)C2=C3NC(=O)N(c4ccc(Oc5ccccc5)cc4C)C4CCNC(S2)C34)C1. The minimum absolute atomic E-state index is 0.00572. The van der Waals surface area contributed by atoms with Gasteiger partial charge in [0.25, 0.3) is 5.91 Å². The molecule has 0 spiro atoms. The maximum atomic E-state index is 13.5. The van der Waals surface area contributed by atoms with Gasteiger partial charge in [-0.05, 0) is 61.9 Å². The first kappa shape index (κ1) is 24.6. The standard InChI is InChI=1S/C28H29N5O4S/c1-3-22(34)32-14-17(15-32)30-26(35)25-24-23-21(11-12-29-27(23)38-25)33(28(36)31-24)20-10-9-19(13-16(20)2)37-18-7-5-4-6-8-18/h3-10,13,17,21,23,27,29H,1,11-12,14-15H2,2H3,(H,30,35)(H,31,36). The van der Waals surface area contributed by atoms with Crippen molar-refractivity contribution < 1.29 is 19.1 Å². The summed E-state index contributed by atoms with van der Waals surface area (Å²) in [5.41, 5.74) is 2.45. The quantitative estimate of drug-likeness (QED) is 0.495. The van der Waals surface area contributed by atoms with Crippen LogP contribution in [0.4, 0.5) is 10.5 Å². The molecule has 3 saturated heterocycles. The van der Waals surface area contributed by atoms with Crippen LogP contribution >= 0.6 is 11.8 Å². The van der Waals surface area contributed by atoms with E-state index < -0.39 is 0 Å². The lowest BCUT2D eigenvalue weighted by Gasteiger charge is -2.46. The number of para-hydroxylation sites is 1. The number of piperidine rings is 1. The van der Waals surface area contributed by atoms with Crippen LogP contribution in [-0.2, 0) is 9.59 Å². The molecule has 0 saturated carbocycles. The summed E-state index contributed by atoms with van der Waals surface area (Å²) in [4.78, 5) is 42.5. The van der Waals surface area contributed by atoms with Gasteiger partial charge in [-0.1, -0.05) is 36.5 Å². The van der Waals surface area contributed by atoms with Gasteiger partial charge in [0.15, 0.2) is 0 Å². The number of ether oxygens (including phenoxy) is 1. The van der Waals surface area contributed by atoms with Crippen molar-refractivity contribution in [3.8, 4) is 11.5 Å². The minimum Gasteiger partial charge on any atom is -0.457 e. The molecule has 0 radical (unpaired) electrons. The Morgan fingerprint density at radius 3 is 2.68 bits per heavy atom. The Morgan fingerprint density at radius 2 is 1.95 bits per heavy atom. The first-order chi connectivity index (χ1) is 18.4. The maximum Gasteiger partial charge on any atom is 0.326 e. The van der Waals surface area contributed by atoms with Gasteiger partial charge in [-0.15, -0.1) is 0 Å². The zero-order valence-corrected chi connectivity index (χ0v) is 21.8. The molecule has 4 heterocycles. The highest BCUT2D eigenvalue weighted by molar-refractivity contribution is 8.04. The highest BCUT2D eigenvalue weighted by Gasteiger charge is 2.52. The molecule has 4 aliphatic rings. The summed E-state index contributed by atoms with van der Waals surface area (Å²) in [5, 5.41) is 9.59. The zero-order valence-electron chi connectivity index (χ0n) is 21.0. The molecule has 2 aromatic carbocycles. The third kappa shape index (κ3) is 4.33. The molecule has 0 aliphatic carbocycles. The van der Waals surface area contributed by atoms with Crippen LogP contribution in [0, 0.1) is 12.8 Å². The Bertz CT molecular complexity index is 1340. The summed E-state index contributed by atoms with van der Waals surface area (Å²) >= 11 is 1.47. The van der Waals surface area contributed by atoms with Crippen molar-refractivity contribution in [2.75, 3.05) is 24.5 Å². The third-order valence-electron chi connectivity index (χ3n) is 7.46. The zero-order chi connectivity index (χ0) is 26.4. The molecule has 3 N–H and O–H groups in total. The van der Waals surface area contributed by atoms with Crippen LogP contribution in [0.5, 0.6) is 11.5 Å². The summed E-state index contributed by atoms with van der Waals surface area (Å²) in [7, 11) is 0. The maximum absolute atomic E-state index is 13.5. The summed E-state index contributed by atoms with van der Waals surface area (Å²) in [6, 6.07) is 14.9. The second-order valence-corrected chi connectivity index (χ2v) is 11.1. The average molecular weight is 532 g/mol. The number of carbonyl (C=O) groups is 3. The van der Waals surface area contributed by atoms with Crippen LogP contribution < -0.4 is 25.6 Å². The fourth-order valence-corrected chi connectivity index (χ4v) is 7.02. The van der Waals surface area contributed by atoms with Crippen molar-refractivity contribution in [1.29, 1.82) is 0 Å². The first-order valence-electron chi connectivity index (χ1n) is 12.7. The fourth-order valence-electron chi connectivity index (χ4n) is 5.62. The summed E-state index contributed by atoms with van der Waals surface area (Å²) in [5.74, 6) is 1.08. The van der Waals surface area contributed by atoms with Crippen LogP contribution in [-0.4, -0.2) is 59.8 Å². The number of nitrogens with one attached hydrogen (secondary N) is 3. The molecule has 38 heavy (non-hydrogen) atoms. The van der Waals surface area contributed by atoms with Gasteiger partial charge in [0.05, 0.1) is 22.4 Å². The highest BCUT2D eigenvalue weighted by Crippen LogP contribution is 2.48. The second kappa shape index (κ2) is 9.85. The van der Waals surface area contributed by atoms with Crippen molar-refractivity contribution in [2.45, 2.75) is 30.8 Å². The van der Waals surface area contributed by atoms with Crippen LogP contribution in [0.15, 0.2) is 71.8 Å². The number of thioether (sulfide) groups is 1. The molecule has 3 fully saturated rings. The summed E-state index contributed by atoms with van der Waals surface area (Å²) in [6.07, 6.45) is 2.05. The first-order valence-corrected chi connectivity index (χ1v) is 13.6. The molecule has 4 aliphatic heterocycles. The number of nitrogens with zero attached hydrogens (tertiary/aromatic N) is 2. The molecule has 3 unspecified atom stereocenters. The van der Waals surface area contributed by atoms with E-state index in [-0.39, 0.29) is 41.2 Å². The van der Waals surface area contributed by atoms with Crippen molar-refractivity contribution in [2.24, 2.45) is 5.92 Å². The van der Waals surface area contributed by atoms with Crippen LogP contribution in [0.3, 0.4) is 0 Å². The topological polar surface area (TPSA) is 103 Å². The molecule has 9 nitrogen and oxygen atoms in total. The molecule has 2 aromatic rings. The lowest BCUT2D eigenvalue weighted by atomic mass is 9.86. The Kier molecular flexibility index (Phi) is 6.37. The number of benzene rings is 2. The van der Waals surface area contributed by atoms with Gasteiger partial charge in [-0.2, -0.15) is 0 Å². The summed E-state index contributed by atoms with van der Waals surface area (Å²) in [6.45, 7) is 7.15. The normalized spacial score (nSPS) is 24.3. The van der Waals surface area contributed by atoms with Gasteiger partial charge in [0.2, 0.25) is 5.91 Å². The van der Waals surface area contributed by atoms with Gasteiger partial charge >= 0.3 is 6.03 Å². The molecule has 196 valence electrons. The smallest absolute Gasteiger partial charge is 0.326 e. The number of anilines is 1. The Balaban J connectivity index is 1.21. The number of aryl methyl sites for hydroxylation is 1. The molecule has 4 amide bonds. The number of likely N-dealkylation sites (tertiary alicyclic amines) is 1. The average Bonchev–Trinajstić information content (AvgIpc) is 3.26. The third-order valence-corrected chi connectivity index (χ3v) is 8.81. The van der Waals surface area contributed by atoms with Crippen LogP contribution in [0.2, 0.25) is 0 Å². The molecule has 6 rings (SSSR count). The van der Waals surface area contributed by atoms with Crippen molar-refractivity contribution >= 4 is 35.3 Å². The lowest BCUT2D eigenvalue weighted by Crippen LogP contribution is -2.62. The van der Waals surface area contributed by atoms with Gasteiger partial charge < -0.3 is 25.6 Å². The van der Waals surface area contributed by atoms with Crippen molar-refractivity contribution in [3.63, 3.8) is 0 Å². The number of amides is 4. The van der Waals surface area contributed by atoms with Gasteiger partial charge in [-0.25, -0.2) is 4.79 Å². The van der Waals surface area contributed by atoms with E-state index in [1.54, 1.807) is 4.90 Å².